The van der Waals surface area contributed by atoms with E-state index in [1.807, 2.05) is 60.7 Å². The molecule has 0 bridgehead atoms. The molecule has 1 unspecified atom stereocenters. The third-order valence-electron chi connectivity index (χ3n) is 4.52. The number of hydrogen-bond donors (Lipinski definition) is 3. The maximum atomic E-state index is 11.8. The van der Waals surface area contributed by atoms with E-state index in [-0.39, 0.29) is 5.56 Å². The third-order valence-corrected chi connectivity index (χ3v) is 4.52. The summed E-state index contributed by atoms with van der Waals surface area (Å²) in [6.45, 7) is 0. The number of carboxylic acids is 1. The summed E-state index contributed by atoms with van der Waals surface area (Å²) in [6, 6.07) is 22.2. The van der Waals surface area contributed by atoms with Crippen LogP contribution in [0.5, 0.6) is 0 Å². The molecular formula is C22H17NO3. The molecule has 0 aromatic heterocycles. The Balaban J connectivity index is 1.89. The number of aliphatic hydroxyl groups is 1. The monoisotopic (exact) mass is 343 g/mol. The van der Waals surface area contributed by atoms with E-state index in [0.29, 0.717) is 5.69 Å². The number of aliphatic hydroxyl groups excluding tert-OH is 1. The second-order valence-corrected chi connectivity index (χ2v) is 6.14. The van der Waals surface area contributed by atoms with Crippen molar-refractivity contribution in [2.45, 2.75) is 6.10 Å². The van der Waals surface area contributed by atoms with Crippen LogP contribution in [0.4, 0.5) is 11.4 Å². The molecule has 0 heterocycles. The maximum absolute atomic E-state index is 11.8. The summed E-state index contributed by atoms with van der Waals surface area (Å²) in [5, 5.41) is 23.3. The molecule has 3 aromatic rings. The van der Waals surface area contributed by atoms with Crippen LogP contribution >= 0.6 is 0 Å². The van der Waals surface area contributed by atoms with Gasteiger partial charge in [0.25, 0.3) is 0 Å². The highest BCUT2D eigenvalue weighted by Gasteiger charge is 2.25. The molecule has 26 heavy (non-hydrogen) atoms. The van der Waals surface area contributed by atoms with E-state index < -0.39 is 12.1 Å². The van der Waals surface area contributed by atoms with Gasteiger partial charge >= 0.3 is 5.97 Å². The van der Waals surface area contributed by atoms with Gasteiger partial charge in [-0.05, 0) is 41.0 Å². The zero-order valence-electron chi connectivity index (χ0n) is 13.9. The van der Waals surface area contributed by atoms with Crippen molar-refractivity contribution in [1.82, 2.24) is 0 Å². The van der Waals surface area contributed by atoms with Crippen molar-refractivity contribution in [2.75, 3.05) is 5.32 Å². The Morgan fingerprint density at radius 1 is 0.846 bits per heavy atom. The number of nitrogens with one attached hydrogen (secondary N) is 1. The number of para-hydroxylation sites is 2. The molecule has 1 aliphatic carbocycles. The van der Waals surface area contributed by atoms with Gasteiger partial charge in [-0.1, -0.05) is 54.6 Å². The van der Waals surface area contributed by atoms with Gasteiger partial charge in [-0.25, -0.2) is 4.79 Å². The smallest absolute Gasteiger partial charge is 0.337 e. The Morgan fingerprint density at radius 3 is 2.31 bits per heavy atom. The molecule has 3 aromatic carbocycles. The highest BCUT2D eigenvalue weighted by molar-refractivity contribution is 6.01. The number of carbonyl (C=O) groups is 1. The zero-order chi connectivity index (χ0) is 18.1. The largest absolute Gasteiger partial charge is 0.478 e. The number of hydrogen-bond acceptors (Lipinski definition) is 3. The number of fused-ring (bicyclic) bond motifs is 1. The average molecular weight is 343 g/mol. The Labute approximate surface area is 151 Å². The molecule has 3 N–H and O–H groups in total. The lowest BCUT2D eigenvalue weighted by atomic mass is 9.95. The normalized spacial score (nSPS) is 15.3. The fraction of sp³-hybridized carbons (Fsp3) is 0.0455. The predicted octanol–water partition coefficient (Wildman–Crippen LogP) is 4.61. The maximum Gasteiger partial charge on any atom is 0.337 e. The van der Waals surface area contributed by atoms with E-state index in [1.165, 1.54) is 0 Å². The van der Waals surface area contributed by atoms with Crippen molar-refractivity contribution >= 4 is 22.9 Å². The van der Waals surface area contributed by atoms with Crippen LogP contribution in [0.1, 0.15) is 33.2 Å². The zero-order valence-corrected chi connectivity index (χ0v) is 13.9. The van der Waals surface area contributed by atoms with E-state index >= 15 is 0 Å². The van der Waals surface area contributed by atoms with Gasteiger partial charge in [0.05, 0.1) is 17.4 Å². The lowest BCUT2D eigenvalue weighted by Gasteiger charge is -2.16. The molecule has 0 amide bonds. The van der Waals surface area contributed by atoms with Crippen LogP contribution in [0, 0.1) is 0 Å². The number of benzene rings is 3. The molecule has 0 aliphatic heterocycles. The average Bonchev–Trinajstić information content (AvgIpc) is 2.99. The first-order chi connectivity index (χ1) is 12.6. The molecule has 0 fully saturated rings. The molecule has 128 valence electrons. The fourth-order valence-electron chi connectivity index (χ4n) is 3.33. The number of rotatable bonds is 4. The molecule has 0 saturated heterocycles. The Bertz CT molecular complexity index is 1010. The molecule has 4 heteroatoms. The third kappa shape index (κ3) is 2.76. The molecule has 0 radical (unpaired) electrons. The van der Waals surface area contributed by atoms with Gasteiger partial charge in [-0.2, -0.15) is 0 Å². The lowest BCUT2D eigenvalue weighted by molar-refractivity contribution is 0.0698. The summed E-state index contributed by atoms with van der Waals surface area (Å²) in [5.74, 6) is -1.00. The molecule has 1 aliphatic rings. The van der Waals surface area contributed by atoms with Crippen LogP contribution in [0.2, 0.25) is 0 Å². The van der Waals surface area contributed by atoms with Gasteiger partial charge in [0.1, 0.15) is 0 Å². The molecule has 4 rings (SSSR count). The fourth-order valence-corrected chi connectivity index (χ4v) is 3.33. The van der Waals surface area contributed by atoms with E-state index in [2.05, 4.69) is 5.32 Å². The summed E-state index contributed by atoms with van der Waals surface area (Å²) in [4.78, 5) is 11.8. The van der Waals surface area contributed by atoms with Gasteiger partial charge < -0.3 is 15.5 Å². The Morgan fingerprint density at radius 2 is 1.54 bits per heavy atom. The second-order valence-electron chi connectivity index (χ2n) is 6.14. The first-order valence-corrected chi connectivity index (χ1v) is 8.33. The van der Waals surface area contributed by atoms with Crippen molar-refractivity contribution in [3.05, 3.63) is 101 Å². The van der Waals surface area contributed by atoms with Gasteiger partial charge in [-0.15, -0.1) is 0 Å². The standard InChI is InChI=1S/C22H17NO3/c24-20-13-19(15-9-4-5-10-16(15)20)17-11-6-12-18(22(25)26)21(17)23-14-7-2-1-3-8-14/h1-13,20,23-24H,(H,25,26). The quantitative estimate of drug-likeness (QED) is 0.647. The predicted molar refractivity (Wildman–Crippen MR) is 102 cm³/mol. The van der Waals surface area contributed by atoms with Crippen molar-refractivity contribution < 1.29 is 15.0 Å². The molecule has 1 atom stereocenters. The number of aromatic carboxylic acids is 1. The number of anilines is 2. The topological polar surface area (TPSA) is 69.6 Å². The van der Waals surface area contributed by atoms with Crippen LogP contribution in [0.25, 0.3) is 5.57 Å². The van der Waals surface area contributed by atoms with Gasteiger partial charge in [0.2, 0.25) is 0 Å². The minimum absolute atomic E-state index is 0.186. The molecule has 0 saturated carbocycles. The van der Waals surface area contributed by atoms with E-state index in [0.717, 1.165) is 28.0 Å². The van der Waals surface area contributed by atoms with Crippen molar-refractivity contribution in [2.24, 2.45) is 0 Å². The lowest BCUT2D eigenvalue weighted by Crippen LogP contribution is -2.06. The van der Waals surface area contributed by atoms with Gasteiger partial charge in [-0.3, -0.25) is 0 Å². The van der Waals surface area contributed by atoms with Crippen molar-refractivity contribution in [3.8, 4) is 0 Å². The second kappa shape index (κ2) is 6.50. The Hall–Kier alpha value is -3.37. The highest BCUT2D eigenvalue weighted by atomic mass is 16.4. The highest BCUT2D eigenvalue weighted by Crippen LogP contribution is 2.42. The van der Waals surface area contributed by atoms with Gasteiger partial charge in [0, 0.05) is 11.3 Å². The molecule has 4 nitrogen and oxygen atoms in total. The number of carboxylic acid groups (broad SMARTS) is 1. The van der Waals surface area contributed by atoms with Crippen LogP contribution in [-0.4, -0.2) is 16.2 Å². The summed E-state index contributed by atoms with van der Waals surface area (Å²) in [5.41, 5.74) is 4.82. The van der Waals surface area contributed by atoms with E-state index in [4.69, 9.17) is 0 Å². The first kappa shape index (κ1) is 16.1. The minimum atomic E-state index is -1.00. The summed E-state index contributed by atoms with van der Waals surface area (Å²) < 4.78 is 0. The van der Waals surface area contributed by atoms with Crippen LogP contribution in [-0.2, 0) is 0 Å². The van der Waals surface area contributed by atoms with E-state index in [1.54, 1.807) is 18.2 Å². The Kier molecular flexibility index (Phi) is 4.03. The summed E-state index contributed by atoms with van der Waals surface area (Å²) in [6.07, 6.45) is 1.07. The van der Waals surface area contributed by atoms with Crippen molar-refractivity contribution in [1.29, 1.82) is 0 Å². The summed E-state index contributed by atoms with van der Waals surface area (Å²) in [7, 11) is 0. The minimum Gasteiger partial charge on any atom is -0.478 e. The van der Waals surface area contributed by atoms with Crippen LogP contribution in [0.3, 0.4) is 0 Å². The van der Waals surface area contributed by atoms with E-state index in [9.17, 15) is 15.0 Å². The molecule has 0 spiro atoms. The first-order valence-electron chi connectivity index (χ1n) is 8.33. The SMILES string of the molecule is O=C(O)c1cccc(C2=CC(O)c3ccccc32)c1Nc1ccccc1. The van der Waals surface area contributed by atoms with Gasteiger partial charge in [0.15, 0.2) is 0 Å². The van der Waals surface area contributed by atoms with Crippen molar-refractivity contribution in [3.63, 3.8) is 0 Å². The van der Waals surface area contributed by atoms with Crippen LogP contribution in [0.15, 0.2) is 78.9 Å². The molecular weight excluding hydrogens is 326 g/mol. The summed E-state index contributed by atoms with van der Waals surface area (Å²) >= 11 is 0. The van der Waals surface area contributed by atoms with Crippen LogP contribution < -0.4 is 5.32 Å².